The molecule has 3 N–H and O–H groups in total. The summed E-state index contributed by atoms with van der Waals surface area (Å²) in [5.41, 5.74) is 5.87. The smallest absolute Gasteiger partial charge is 0.264 e. The van der Waals surface area contributed by atoms with E-state index < -0.39 is 10.0 Å². The zero-order chi connectivity index (χ0) is 12.3. The van der Waals surface area contributed by atoms with Gasteiger partial charge in [0.2, 0.25) is 0 Å². The third kappa shape index (κ3) is 2.67. The molecule has 0 saturated carbocycles. The van der Waals surface area contributed by atoms with E-state index in [-0.39, 0.29) is 10.8 Å². The summed E-state index contributed by atoms with van der Waals surface area (Å²) in [5.74, 6) is -0.0880. The zero-order valence-electron chi connectivity index (χ0n) is 8.61. The van der Waals surface area contributed by atoms with Crippen molar-refractivity contribution in [3.8, 4) is 0 Å². The van der Waals surface area contributed by atoms with Gasteiger partial charge in [0.1, 0.15) is 0 Å². The Hall–Kier alpha value is -2.22. The molecule has 0 unspecified atom stereocenters. The van der Waals surface area contributed by atoms with E-state index in [1.54, 1.807) is 12.1 Å². The predicted octanol–water partition coefficient (Wildman–Crippen LogP) is 0.255. The van der Waals surface area contributed by atoms with Gasteiger partial charge in [-0.2, -0.15) is 5.10 Å². The fourth-order valence-electron chi connectivity index (χ4n) is 1.16. The average Bonchev–Trinajstić information content (AvgIpc) is 2.30. The molecule has 1 aromatic heterocycles. The maximum absolute atomic E-state index is 11.9. The Kier molecular flexibility index (Phi) is 2.88. The molecule has 0 saturated heterocycles. The van der Waals surface area contributed by atoms with Crippen molar-refractivity contribution in [2.24, 2.45) is 0 Å². The highest BCUT2D eigenvalue weighted by Crippen LogP contribution is 2.14. The molecule has 8 heteroatoms. The number of rotatable bonds is 3. The molecule has 2 aromatic rings. The van der Waals surface area contributed by atoms with Crippen LogP contribution < -0.4 is 10.5 Å². The van der Waals surface area contributed by atoms with Crippen molar-refractivity contribution in [3.05, 3.63) is 36.7 Å². The highest BCUT2D eigenvalue weighted by atomic mass is 32.2. The molecule has 0 radical (unpaired) electrons. The summed E-state index contributed by atoms with van der Waals surface area (Å²) in [5, 5.41) is 7.05. The Bertz CT molecular complexity index is 614. The number of nitrogen functional groups attached to an aromatic ring is 1. The van der Waals surface area contributed by atoms with E-state index >= 15 is 0 Å². The minimum Gasteiger partial charge on any atom is -0.399 e. The number of nitrogens with two attached hydrogens (primary N) is 1. The predicted molar refractivity (Wildman–Crippen MR) is 61.5 cm³/mol. The molecule has 0 bridgehead atoms. The van der Waals surface area contributed by atoms with Crippen molar-refractivity contribution in [2.45, 2.75) is 4.90 Å². The number of nitrogens with zero attached hydrogens (tertiary/aromatic N) is 3. The van der Waals surface area contributed by atoms with Gasteiger partial charge in [-0.05, 0) is 18.2 Å². The van der Waals surface area contributed by atoms with Gasteiger partial charge in [-0.15, -0.1) is 5.10 Å². The Morgan fingerprint density at radius 1 is 1.24 bits per heavy atom. The van der Waals surface area contributed by atoms with Crippen LogP contribution >= 0.6 is 0 Å². The van der Waals surface area contributed by atoms with Crippen LogP contribution in [0.2, 0.25) is 0 Å². The molecule has 0 fully saturated rings. The Morgan fingerprint density at radius 2 is 2.06 bits per heavy atom. The van der Waals surface area contributed by atoms with Crippen molar-refractivity contribution < 1.29 is 8.42 Å². The van der Waals surface area contributed by atoms with Crippen LogP contribution in [0.4, 0.5) is 11.6 Å². The lowest BCUT2D eigenvalue weighted by atomic mass is 10.3. The second kappa shape index (κ2) is 4.34. The lowest BCUT2D eigenvalue weighted by Gasteiger charge is -2.05. The van der Waals surface area contributed by atoms with Crippen molar-refractivity contribution in [1.82, 2.24) is 15.2 Å². The summed E-state index contributed by atoms with van der Waals surface area (Å²) in [7, 11) is -3.73. The normalized spacial score (nSPS) is 11.1. The van der Waals surface area contributed by atoms with Gasteiger partial charge in [-0.25, -0.2) is 18.1 Å². The molecule has 7 nitrogen and oxygen atoms in total. The van der Waals surface area contributed by atoms with Gasteiger partial charge in [0, 0.05) is 5.69 Å². The third-order valence-corrected chi connectivity index (χ3v) is 3.20. The number of nitrogens with one attached hydrogen (secondary N) is 1. The van der Waals surface area contributed by atoms with Gasteiger partial charge in [0.05, 0.1) is 17.3 Å². The lowest BCUT2D eigenvalue weighted by Crippen LogP contribution is -2.15. The maximum Gasteiger partial charge on any atom is 0.264 e. The Balaban J connectivity index is 2.32. The molecule has 17 heavy (non-hydrogen) atoms. The van der Waals surface area contributed by atoms with Gasteiger partial charge in [0.15, 0.2) is 0 Å². The number of benzene rings is 1. The van der Waals surface area contributed by atoms with Crippen molar-refractivity contribution in [2.75, 3.05) is 10.5 Å². The molecule has 0 amide bonds. The first kappa shape index (κ1) is 11.3. The Labute approximate surface area is 97.8 Å². The monoisotopic (exact) mass is 251 g/mol. The van der Waals surface area contributed by atoms with E-state index in [1.165, 1.54) is 24.5 Å². The first-order valence-electron chi connectivity index (χ1n) is 4.60. The van der Waals surface area contributed by atoms with E-state index in [0.29, 0.717) is 5.69 Å². The van der Waals surface area contributed by atoms with Gasteiger partial charge >= 0.3 is 0 Å². The van der Waals surface area contributed by atoms with Gasteiger partial charge in [-0.1, -0.05) is 6.07 Å². The van der Waals surface area contributed by atoms with Gasteiger partial charge < -0.3 is 5.73 Å². The van der Waals surface area contributed by atoms with Gasteiger partial charge in [0.25, 0.3) is 16.0 Å². The summed E-state index contributed by atoms with van der Waals surface area (Å²) in [4.78, 5) is 3.76. The number of sulfonamides is 1. The summed E-state index contributed by atoms with van der Waals surface area (Å²) in [6, 6.07) is 5.92. The molecule has 1 aromatic carbocycles. The molecule has 0 spiro atoms. The Morgan fingerprint density at radius 3 is 2.71 bits per heavy atom. The highest BCUT2D eigenvalue weighted by Gasteiger charge is 2.15. The first-order chi connectivity index (χ1) is 8.08. The molecule has 2 rings (SSSR count). The zero-order valence-corrected chi connectivity index (χ0v) is 9.42. The van der Waals surface area contributed by atoms with E-state index in [9.17, 15) is 8.42 Å². The van der Waals surface area contributed by atoms with Crippen molar-refractivity contribution in [1.29, 1.82) is 0 Å². The van der Waals surface area contributed by atoms with Crippen LogP contribution in [-0.2, 0) is 10.0 Å². The number of aromatic nitrogens is 3. The number of hydrogen-bond acceptors (Lipinski definition) is 6. The van der Waals surface area contributed by atoms with Crippen LogP contribution in [0.5, 0.6) is 0 Å². The van der Waals surface area contributed by atoms with E-state index in [4.69, 9.17) is 5.73 Å². The lowest BCUT2D eigenvalue weighted by molar-refractivity contribution is 0.600. The van der Waals surface area contributed by atoms with Crippen LogP contribution in [-0.4, -0.2) is 23.6 Å². The molecular formula is C9H9N5O2S. The molecule has 0 atom stereocenters. The number of hydrogen-bond donors (Lipinski definition) is 2. The minimum absolute atomic E-state index is 0.0463. The summed E-state index contributed by atoms with van der Waals surface area (Å²) in [6.07, 6.45) is 2.68. The average molecular weight is 251 g/mol. The summed E-state index contributed by atoms with van der Waals surface area (Å²) in [6.45, 7) is 0. The molecule has 1 heterocycles. The fourth-order valence-corrected chi connectivity index (χ4v) is 2.16. The second-order valence-corrected chi connectivity index (χ2v) is 4.83. The molecule has 88 valence electrons. The van der Waals surface area contributed by atoms with Gasteiger partial charge in [-0.3, -0.25) is 0 Å². The van der Waals surface area contributed by atoms with Crippen LogP contribution in [0.15, 0.2) is 41.6 Å². The summed E-state index contributed by atoms with van der Waals surface area (Å²) < 4.78 is 26.0. The number of anilines is 2. The SMILES string of the molecule is Nc1cccc(S(=O)(=O)Nc2nccnn2)c1. The quantitative estimate of drug-likeness (QED) is 0.757. The van der Waals surface area contributed by atoms with E-state index in [2.05, 4.69) is 19.9 Å². The van der Waals surface area contributed by atoms with E-state index in [1.807, 2.05) is 0 Å². The van der Waals surface area contributed by atoms with E-state index in [0.717, 1.165) is 0 Å². The second-order valence-electron chi connectivity index (χ2n) is 3.14. The molecule has 0 aliphatic heterocycles. The third-order valence-electron chi connectivity index (χ3n) is 1.88. The molecular weight excluding hydrogens is 242 g/mol. The fraction of sp³-hybridized carbons (Fsp3) is 0. The van der Waals surface area contributed by atoms with Crippen LogP contribution in [0.25, 0.3) is 0 Å². The van der Waals surface area contributed by atoms with Crippen LogP contribution in [0.1, 0.15) is 0 Å². The highest BCUT2D eigenvalue weighted by molar-refractivity contribution is 7.92. The first-order valence-corrected chi connectivity index (χ1v) is 6.08. The standard InChI is InChI=1S/C9H9N5O2S/c10-7-2-1-3-8(6-7)17(15,16)14-9-11-4-5-12-13-9/h1-6H,10H2,(H,11,13,14). The largest absolute Gasteiger partial charge is 0.399 e. The topological polar surface area (TPSA) is 111 Å². The minimum atomic E-state index is -3.73. The van der Waals surface area contributed by atoms with Crippen molar-refractivity contribution in [3.63, 3.8) is 0 Å². The molecule has 0 aliphatic carbocycles. The summed E-state index contributed by atoms with van der Waals surface area (Å²) >= 11 is 0. The van der Waals surface area contributed by atoms with Crippen LogP contribution in [0, 0.1) is 0 Å². The van der Waals surface area contributed by atoms with Crippen LogP contribution in [0.3, 0.4) is 0 Å². The van der Waals surface area contributed by atoms with Crippen molar-refractivity contribution >= 4 is 21.7 Å². The molecule has 0 aliphatic rings. The maximum atomic E-state index is 11.9.